The van der Waals surface area contributed by atoms with E-state index in [2.05, 4.69) is 20.6 Å². The summed E-state index contributed by atoms with van der Waals surface area (Å²) in [6.45, 7) is 1.45. The van der Waals surface area contributed by atoms with Gasteiger partial charge in [0.05, 0.1) is 21.8 Å². The highest BCUT2D eigenvalue weighted by molar-refractivity contribution is 8.18. The molecule has 2 amide bonds. The van der Waals surface area contributed by atoms with E-state index >= 15 is 0 Å². The van der Waals surface area contributed by atoms with Crippen molar-refractivity contribution in [2.45, 2.75) is 6.92 Å². The van der Waals surface area contributed by atoms with Gasteiger partial charge in [-0.05, 0) is 53.7 Å². The predicted molar refractivity (Wildman–Crippen MR) is 114 cm³/mol. The van der Waals surface area contributed by atoms with Gasteiger partial charge in [0.2, 0.25) is 5.91 Å². The standard InChI is InChI=1S/C21H16N4O2S/c1-13(26)23-17-6-2-3-7-18(17)24-21-25-20(27)19(28-21)12-14-8-9-16-15(11-14)5-4-10-22-16/h2-12H,1H3,(H,23,26)(H,24,25,27)/b19-12-. The molecule has 2 N–H and O–H groups in total. The number of nitrogens with zero attached hydrogens (tertiary/aromatic N) is 2. The summed E-state index contributed by atoms with van der Waals surface area (Å²) in [5.41, 5.74) is 3.12. The number of pyridine rings is 1. The van der Waals surface area contributed by atoms with E-state index in [0.717, 1.165) is 16.5 Å². The molecule has 2 heterocycles. The Kier molecular flexibility index (Phi) is 4.90. The Balaban J connectivity index is 1.54. The van der Waals surface area contributed by atoms with E-state index in [-0.39, 0.29) is 11.8 Å². The highest BCUT2D eigenvalue weighted by Gasteiger charge is 2.22. The minimum atomic E-state index is -0.296. The lowest BCUT2D eigenvalue weighted by molar-refractivity contribution is -0.114. The molecule has 3 aromatic rings. The Morgan fingerprint density at radius 1 is 1.07 bits per heavy atom. The van der Waals surface area contributed by atoms with E-state index < -0.39 is 0 Å². The van der Waals surface area contributed by atoms with E-state index in [1.807, 2.05) is 54.6 Å². The van der Waals surface area contributed by atoms with Crippen molar-refractivity contribution >= 4 is 57.1 Å². The van der Waals surface area contributed by atoms with E-state index in [1.165, 1.54) is 18.7 Å². The number of anilines is 2. The summed E-state index contributed by atoms with van der Waals surface area (Å²) >= 11 is 1.26. The van der Waals surface area contributed by atoms with Crippen LogP contribution >= 0.6 is 11.8 Å². The van der Waals surface area contributed by atoms with Gasteiger partial charge in [0, 0.05) is 18.5 Å². The number of hydrogen-bond acceptors (Lipinski definition) is 5. The van der Waals surface area contributed by atoms with Crippen LogP contribution in [0.2, 0.25) is 0 Å². The summed E-state index contributed by atoms with van der Waals surface area (Å²) < 4.78 is 0. The molecule has 0 saturated carbocycles. The predicted octanol–water partition coefficient (Wildman–Crippen LogP) is 4.28. The topological polar surface area (TPSA) is 83.5 Å². The first-order valence-corrected chi connectivity index (χ1v) is 9.41. The average Bonchev–Trinajstić information content (AvgIpc) is 3.02. The third kappa shape index (κ3) is 3.94. The highest BCUT2D eigenvalue weighted by atomic mass is 32.2. The van der Waals surface area contributed by atoms with E-state index in [1.54, 1.807) is 12.3 Å². The number of thioether (sulfide) groups is 1. The van der Waals surface area contributed by atoms with Crippen LogP contribution in [0.5, 0.6) is 0 Å². The highest BCUT2D eigenvalue weighted by Crippen LogP contribution is 2.31. The summed E-state index contributed by atoms with van der Waals surface area (Å²) in [7, 11) is 0. The van der Waals surface area contributed by atoms with Crippen molar-refractivity contribution in [2.24, 2.45) is 4.99 Å². The Hall–Kier alpha value is -3.45. The summed E-state index contributed by atoms with van der Waals surface area (Å²) in [5, 5.41) is 7.35. The number of amides is 2. The van der Waals surface area contributed by atoms with Crippen molar-refractivity contribution < 1.29 is 9.59 Å². The van der Waals surface area contributed by atoms with E-state index in [0.29, 0.717) is 21.4 Å². The number of fused-ring (bicyclic) bond motifs is 1. The maximum Gasteiger partial charge on any atom is 0.286 e. The van der Waals surface area contributed by atoms with Gasteiger partial charge in [0.25, 0.3) is 5.91 Å². The van der Waals surface area contributed by atoms with Gasteiger partial charge in [0.1, 0.15) is 0 Å². The number of hydrogen-bond donors (Lipinski definition) is 2. The smallest absolute Gasteiger partial charge is 0.286 e. The van der Waals surface area contributed by atoms with Gasteiger partial charge in [-0.25, -0.2) is 0 Å². The zero-order chi connectivity index (χ0) is 19.5. The minimum absolute atomic E-state index is 0.169. The zero-order valence-corrected chi connectivity index (χ0v) is 15.8. The summed E-state index contributed by atoms with van der Waals surface area (Å²) in [6.07, 6.45) is 3.57. The van der Waals surface area contributed by atoms with Crippen LogP contribution in [0.3, 0.4) is 0 Å². The van der Waals surface area contributed by atoms with Crippen molar-refractivity contribution in [1.29, 1.82) is 0 Å². The molecule has 2 aromatic carbocycles. The number of aromatic nitrogens is 1. The summed E-state index contributed by atoms with van der Waals surface area (Å²) in [4.78, 5) is 32.6. The number of rotatable bonds is 3. The number of para-hydroxylation sites is 2. The van der Waals surface area contributed by atoms with Gasteiger partial charge >= 0.3 is 0 Å². The normalized spacial score (nSPS) is 15.0. The van der Waals surface area contributed by atoms with Gasteiger partial charge in [-0.3, -0.25) is 14.6 Å². The largest absolute Gasteiger partial charge is 0.333 e. The Labute approximate surface area is 165 Å². The van der Waals surface area contributed by atoms with Crippen LogP contribution in [0.4, 0.5) is 11.4 Å². The van der Waals surface area contributed by atoms with E-state index in [4.69, 9.17) is 0 Å². The molecule has 0 radical (unpaired) electrons. The third-order valence-corrected chi connectivity index (χ3v) is 4.92. The maximum absolute atomic E-state index is 12.3. The fraction of sp³-hybridized carbons (Fsp3) is 0.0476. The summed E-state index contributed by atoms with van der Waals surface area (Å²) in [5.74, 6) is -0.464. The molecular formula is C21H16N4O2S. The maximum atomic E-state index is 12.3. The summed E-state index contributed by atoms with van der Waals surface area (Å²) in [6, 6.07) is 17.0. The fourth-order valence-corrected chi connectivity index (χ4v) is 3.63. The number of benzene rings is 2. The van der Waals surface area contributed by atoms with Crippen molar-refractivity contribution in [3.05, 3.63) is 71.3 Å². The second-order valence-corrected chi connectivity index (χ2v) is 7.17. The molecule has 138 valence electrons. The van der Waals surface area contributed by atoms with Crippen LogP contribution in [0, 0.1) is 0 Å². The van der Waals surface area contributed by atoms with Gasteiger partial charge in [-0.2, -0.15) is 4.99 Å². The van der Waals surface area contributed by atoms with Gasteiger partial charge in [-0.1, -0.05) is 24.3 Å². The van der Waals surface area contributed by atoms with Crippen LogP contribution in [-0.2, 0) is 9.59 Å². The molecule has 0 unspecified atom stereocenters. The Bertz CT molecular complexity index is 1150. The van der Waals surface area contributed by atoms with Gasteiger partial charge in [-0.15, -0.1) is 0 Å². The molecule has 28 heavy (non-hydrogen) atoms. The lowest BCUT2D eigenvalue weighted by Gasteiger charge is -2.11. The van der Waals surface area contributed by atoms with Crippen molar-refractivity contribution in [2.75, 3.05) is 10.6 Å². The molecule has 4 rings (SSSR count). The molecule has 7 heteroatoms. The molecule has 6 nitrogen and oxygen atoms in total. The Morgan fingerprint density at radius 3 is 2.71 bits per heavy atom. The van der Waals surface area contributed by atoms with Crippen molar-refractivity contribution in [1.82, 2.24) is 4.98 Å². The van der Waals surface area contributed by atoms with Crippen molar-refractivity contribution in [3.8, 4) is 0 Å². The molecular weight excluding hydrogens is 372 g/mol. The van der Waals surface area contributed by atoms with Crippen LogP contribution in [0.15, 0.2) is 70.7 Å². The second-order valence-electron chi connectivity index (χ2n) is 6.14. The zero-order valence-electron chi connectivity index (χ0n) is 15.0. The third-order valence-electron chi connectivity index (χ3n) is 4.02. The van der Waals surface area contributed by atoms with Crippen molar-refractivity contribution in [3.63, 3.8) is 0 Å². The lowest BCUT2D eigenvalue weighted by Crippen LogP contribution is -2.11. The molecule has 0 atom stereocenters. The van der Waals surface area contributed by atoms with Crippen LogP contribution < -0.4 is 10.6 Å². The van der Waals surface area contributed by atoms with Crippen LogP contribution in [-0.4, -0.2) is 22.0 Å². The second kappa shape index (κ2) is 7.66. The molecule has 0 saturated heterocycles. The van der Waals surface area contributed by atoms with Gasteiger partial charge < -0.3 is 10.6 Å². The molecule has 1 aliphatic rings. The van der Waals surface area contributed by atoms with E-state index in [9.17, 15) is 9.59 Å². The fourth-order valence-electron chi connectivity index (χ4n) is 2.80. The number of carbonyl (C=O) groups excluding carboxylic acids is 2. The quantitative estimate of drug-likeness (QED) is 0.655. The lowest BCUT2D eigenvalue weighted by atomic mass is 10.1. The average molecular weight is 388 g/mol. The number of carbonyl (C=O) groups is 2. The molecule has 1 aliphatic heterocycles. The molecule has 0 spiro atoms. The number of amidine groups is 1. The molecule has 1 aromatic heterocycles. The number of nitrogens with one attached hydrogen (secondary N) is 2. The first-order valence-electron chi connectivity index (χ1n) is 8.59. The minimum Gasteiger partial charge on any atom is -0.333 e. The molecule has 0 fully saturated rings. The molecule has 0 bridgehead atoms. The van der Waals surface area contributed by atoms with Crippen LogP contribution in [0.1, 0.15) is 12.5 Å². The monoisotopic (exact) mass is 388 g/mol. The van der Waals surface area contributed by atoms with Gasteiger partial charge in [0.15, 0.2) is 5.17 Å². The SMILES string of the molecule is CC(=O)Nc1ccccc1NC1=NC(=O)/C(=C/c2ccc3ncccc3c2)S1. The van der Waals surface area contributed by atoms with Crippen LogP contribution in [0.25, 0.3) is 17.0 Å². The number of aliphatic imine (C=N–C) groups is 1. The first kappa shape index (κ1) is 17.9. The molecule has 0 aliphatic carbocycles. The Morgan fingerprint density at radius 2 is 1.89 bits per heavy atom. The first-order chi connectivity index (χ1) is 13.6.